The maximum Gasteiger partial charge on any atom is 0.203 e. The van der Waals surface area contributed by atoms with Crippen molar-refractivity contribution < 1.29 is 14.2 Å². The van der Waals surface area contributed by atoms with Gasteiger partial charge in [-0.2, -0.15) is 5.10 Å². The molecule has 3 rings (SSSR count). The fourth-order valence-corrected chi connectivity index (χ4v) is 3.39. The molecule has 0 unspecified atom stereocenters. The van der Waals surface area contributed by atoms with Crippen LogP contribution >= 0.6 is 0 Å². The topological polar surface area (TPSA) is 57.5 Å². The minimum Gasteiger partial charge on any atom is -0.493 e. The second kappa shape index (κ2) is 9.47. The lowest BCUT2D eigenvalue weighted by molar-refractivity contribution is 0.321. The maximum atomic E-state index is 5.58. The molecular formula is C23H29N3O3. The van der Waals surface area contributed by atoms with Crippen molar-refractivity contribution >= 4 is 0 Å². The number of hydrogen-bond acceptors (Lipinski definition) is 5. The molecule has 3 aromatic rings. The van der Waals surface area contributed by atoms with Crippen LogP contribution in [0, 0.1) is 0 Å². The average Bonchev–Trinajstić information content (AvgIpc) is 3.18. The maximum absolute atomic E-state index is 5.58. The van der Waals surface area contributed by atoms with E-state index >= 15 is 0 Å². The van der Waals surface area contributed by atoms with Crippen LogP contribution in [0.1, 0.15) is 36.6 Å². The number of ether oxygens (including phenoxy) is 3. The van der Waals surface area contributed by atoms with Crippen LogP contribution in [0.4, 0.5) is 0 Å². The Labute approximate surface area is 172 Å². The minimum atomic E-state index is 0.340. The zero-order valence-corrected chi connectivity index (χ0v) is 17.7. The molecule has 0 spiro atoms. The molecule has 0 amide bonds. The van der Waals surface area contributed by atoms with Gasteiger partial charge >= 0.3 is 0 Å². The predicted molar refractivity (Wildman–Crippen MR) is 114 cm³/mol. The van der Waals surface area contributed by atoms with E-state index in [1.165, 1.54) is 5.56 Å². The van der Waals surface area contributed by atoms with Crippen molar-refractivity contribution in [3.8, 4) is 22.9 Å². The summed E-state index contributed by atoms with van der Waals surface area (Å²) in [5.41, 5.74) is 4.35. The van der Waals surface area contributed by atoms with Gasteiger partial charge in [-0.15, -0.1) is 0 Å². The summed E-state index contributed by atoms with van der Waals surface area (Å²) >= 11 is 0. The summed E-state index contributed by atoms with van der Waals surface area (Å²) in [6, 6.07) is 14.1. The summed E-state index contributed by atoms with van der Waals surface area (Å²) in [4.78, 5) is 0. The number of nitrogens with zero attached hydrogens (tertiary/aromatic N) is 2. The molecule has 0 fully saturated rings. The number of rotatable bonds is 9. The van der Waals surface area contributed by atoms with E-state index < -0.39 is 0 Å². The molecule has 6 heteroatoms. The second-order valence-electron chi connectivity index (χ2n) is 7.07. The summed E-state index contributed by atoms with van der Waals surface area (Å²) < 4.78 is 18.4. The Morgan fingerprint density at radius 1 is 0.862 bits per heavy atom. The van der Waals surface area contributed by atoms with Crippen molar-refractivity contribution in [2.75, 3.05) is 21.3 Å². The molecule has 0 radical (unpaired) electrons. The van der Waals surface area contributed by atoms with Crippen LogP contribution in [0.2, 0.25) is 0 Å². The van der Waals surface area contributed by atoms with E-state index in [1.54, 1.807) is 21.3 Å². The number of nitrogens with one attached hydrogen (secondary N) is 1. The Morgan fingerprint density at radius 3 is 2.17 bits per heavy atom. The van der Waals surface area contributed by atoms with E-state index in [0.29, 0.717) is 36.3 Å². The molecule has 154 valence electrons. The van der Waals surface area contributed by atoms with Gasteiger partial charge in [0, 0.05) is 30.4 Å². The number of aromatic nitrogens is 2. The van der Waals surface area contributed by atoms with E-state index in [9.17, 15) is 0 Å². The van der Waals surface area contributed by atoms with Gasteiger partial charge in [-0.1, -0.05) is 38.1 Å². The van der Waals surface area contributed by atoms with E-state index in [0.717, 1.165) is 16.9 Å². The quantitative estimate of drug-likeness (QED) is 0.585. The van der Waals surface area contributed by atoms with Crippen LogP contribution in [0.25, 0.3) is 5.69 Å². The molecule has 0 aliphatic heterocycles. The second-order valence-corrected chi connectivity index (χ2v) is 7.07. The first-order valence-corrected chi connectivity index (χ1v) is 9.71. The zero-order valence-electron chi connectivity index (χ0n) is 17.7. The van der Waals surface area contributed by atoms with E-state index in [4.69, 9.17) is 19.3 Å². The predicted octanol–water partition coefficient (Wildman–Crippen LogP) is 4.31. The first-order valence-electron chi connectivity index (χ1n) is 9.71. The summed E-state index contributed by atoms with van der Waals surface area (Å²) in [5, 5.41) is 8.32. The largest absolute Gasteiger partial charge is 0.493 e. The molecule has 0 saturated carbocycles. The first kappa shape index (κ1) is 20.7. The van der Waals surface area contributed by atoms with E-state index in [2.05, 4.69) is 37.5 Å². The van der Waals surface area contributed by atoms with Gasteiger partial charge in [0.2, 0.25) is 5.75 Å². The summed E-state index contributed by atoms with van der Waals surface area (Å²) in [6.07, 6.45) is 2.10. The third-order valence-electron chi connectivity index (χ3n) is 4.81. The fraction of sp³-hybridized carbons (Fsp3) is 0.348. The Kier molecular flexibility index (Phi) is 6.77. The van der Waals surface area contributed by atoms with E-state index in [1.807, 2.05) is 35.0 Å². The minimum absolute atomic E-state index is 0.340. The zero-order chi connectivity index (χ0) is 20.8. The van der Waals surface area contributed by atoms with Gasteiger partial charge in [0.05, 0.1) is 32.7 Å². The summed E-state index contributed by atoms with van der Waals surface area (Å²) in [7, 11) is 4.87. The third kappa shape index (κ3) is 4.54. The van der Waals surface area contributed by atoms with Gasteiger partial charge in [0.1, 0.15) is 0 Å². The van der Waals surface area contributed by atoms with Crippen LogP contribution in [0.3, 0.4) is 0 Å². The molecule has 1 N–H and O–H groups in total. The highest BCUT2D eigenvalue weighted by molar-refractivity contribution is 5.55. The van der Waals surface area contributed by atoms with Gasteiger partial charge in [-0.25, -0.2) is 4.68 Å². The number of benzene rings is 2. The van der Waals surface area contributed by atoms with Gasteiger partial charge in [-0.05, 0) is 24.1 Å². The molecule has 6 nitrogen and oxygen atoms in total. The normalized spacial score (nSPS) is 11.0. The lowest BCUT2D eigenvalue weighted by Gasteiger charge is -2.16. The molecule has 0 atom stereocenters. The molecule has 2 aromatic carbocycles. The number of para-hydroxylation sites is 1. The van der Waals surface area contributed by atoms with Crippen LogP contribution in [-0.4, -0.2) is 31.1 Å². The van der Waals surface area contributed by atoms with Gasteiger partial charge in [0.15, 0.2) is 11.5 Å². The molecular weight excluding hydrogens is 366 g/mol. The molecule has 0 bridgehead atoms. The lowest BCUT2D eigenvalue weighted by Crippen LogP contribution is -2.14. The van der Waals surface area contributed by atoms with Crippen molar-refractivity contribution in [3.05, 3.63) is 65.5 Å². The van der Waals surface area contributed by atoms with Crippen molar-refractivity contribution in [3.63, 3.8) is 0 Å². The third-order valence-corrected chi connectivity index (χ3v) is 4.81. The summed E-state index contributed by atoms with van der Waals surface area (Å²) in [5.74, 6) is 2.28. The van der Waals surface area contributed by atoms with Crippen LogP contribution in [-0.2, 0) is 13.1 Å². The standard InChI is InChI=1S/C23H29N3O3/c1-16(2)21-18(15-26(25-21)19-9-7-6-8-10-19)14-24-13-17-11-12-20(27-3)23(29-5)22(17)28-4/h6-12,15-16,24H,13-14H2,1-5H3. The first-order chi connectivity index (χ1) is 14.1. The number of methoxy groups -OCH3 is 3. The summed E-state index contributed by atoms with van der Waals surface area (Å²) in [6.45, 7) is 5.67. The highest BCUT2D eigenvalue weighted by atomic mass is 16.5. The van der Waals surface area contributed by atoms with Gasteiger partial charge < -0.3 is 19.5 Å². The van der Waals surface area contributed by atoms with Crippen molar-refractivity contribution in [1.29, 1.82) is 0 Å². The molecule has 0 aliphatic rings. The molecule has 0 saturated heterocycles. The Hall–Kier alpha value is -2.99. The lowest BCUT2D eigenvalue weighted by atomic mass is 10.1. The highest BCUT2D eigenvalue weighted by Gasteiger charge is 2.17. The monoisotopic (exact) mass is 395 g/mol. The Morgan fingerprint density at radius 2 is 1.55 bits per heavy atom. The Bertz CT molecular complexity index is 936. The Balaban J connectivity index is 1.78. The highest BCUT2D eigenvalue weighted by Crippen LogP contribution is 2.39. The van der Waals surface area contributed by atoms with Crippen LogP contribution in [0.15, 0.2) is 48.7 Å². The van der Waals surface area contributed by atoms with Crippen LogP contribution < -0.4 is 19.5 Å². The van der Waals surface area contributed by atoms with E-state index in [-0.39, 0.29) is 0 Å². The number of hydrogen-bond donors (Lipinski definition) is 1. The van der Waals surface area contributed by atoms with Crippen LogP contribution in [0.5, 0.6) is 17.2 Å². The molecule has 29 heavy (non-hydrogen) atoms. The smallest absolute Gasteiger partial charge is 0.203 e. The van der Waals surface area contributed by atoms with Gasteiger partial charge in [-0.3, -0.25) is 0 Å². The molecule has 1 aromatic heterocycles. The average molecular weight is 396 g/mol. The SMILES string of the molecule is COc1ccc(CNCc2cn(-c3ccccc3)nc2C(C)C)c(OC)c1OC. The van der Waals surface area contributed by atoms with Crippen molar-refractivity contribution in [2.45, 2.75) is 32.9 Å². The molecule has 0 aliphatic carbocycles. The van der Waals surface area contributed by atoms with Crippen molar-refractivity contribution in [1.82, 2.24) is 15.1 Å². The molecule has 1 heterocycles. The fourth-order valence-electron chi connectivity index (χ4n) is 3.39. The van der Waals surface area contributed by atoms with Gasteiger partial charge in [0.25, 0.3) is 0 Å². The van der Waals surface area contributed by atoms with Crippen molar-refractivity contribution in [2.24, 2.45) is 0 Å².